The van der Waals surface area contributed by atoms with Gasteiger partial charge in [-0.1, -0.05) is 11.6 Å². The van der Waals surface area contributed by atoms with Gasteiger partial charge in [-0.25, -0.2) is 13.8 Å². The minimum Gasteiger partial charge on any atom is -0.298 e. The molecular weight excluding hydrogens is 234 g/mol. The van der Waals surface area contributed by atoms with Crippen LogP contribution in [0.1, 0.15) is 22.5 Å². The molecule has 1 heterocycles. The number of alkyl halides is 2. The lowest BCUT2D eigenvalue weighted by molar-refractivity contribution is -0.386. The summed E-state index contributed by atoms with van der Waals surface area (Å²) in [6, 6.07) is 0. The van der Waals surface area contributed by atoms with Crippen molar-refractivity contribution in [1.29, 1.82) is 0 Å². The number of aromatic nitrogens is 1. The fourth-order valence-electron chi connectivity index (χ4n) is 0.922. The molecule has 0 spiro atoms. The summed E-state index contributed by atoms with van der Waals surface area (Å²) in [5.74, 6) is 0. The SMILES string of the molecule is O=Cc1cnc(C(F)F)c([N+](=O)[O-])c1Cl. The number of hydrogen-bond donors (Lipinski definition) is 0. The van der Waals surface area contributed by atoms with E-state index in [0.717, 1.165) is 6.20 Å². The van der Waals surface area contributed by atoms with Crippen LogP contribution in [0, 0.1) is 10.1 Å². The molecule has 0 aliphatic rings. The molecule has 0 fully saturated rings. The summed E-state index contributed by atoms with van der Waals surface area (Å²) in [4.78, 5) is 22.8. The van der Waals surface area contributed by atoms with Crippen molar-refractivity contribution in [3.05, 3.63) is 32.6 Å². The molecule has 0 aliphatic carbocycles. The number of aldehydes is 1. The van der Waals surface area contributed by atoms with Crippen LogP contribution in [-0.2, 0) is 0 Å². The van der Waals surface area contributed by atoms with Gasteiger partial charge in [-0.15, -0.1) is 0 Å². The second-order valence-electron chi connectivity index (χ2n) is 2.44. The molecule has 0 N–H and O–H groups in total. The zero-order chi connectivity index (χ0) is 11.6. The maximum atomic E-state index is 12.3. The van der Waals surface area contributed by atoms with Gasteiger partial charge in [0.25, 0.3) is 6.43 Å². The zero-order valence-corrected chi connectivity index (χ0v) is 7.74. The third-order valence-electron chi connectivity index (χ3n) is 1.56. The van der Waals surface area contributed by atoms with E-state index in [1.807, 2.05) is 0 Å². The van der Waals surface area contributed by atoms with Crippen molar-refractivity contribution in [3.8, 4) is 0 Å². The number of nitro groups is 1. The third kappa shape index (κ3) is 2.07. The number of rotatable bonds is 3. The van der Waals surface area contributed by atoms with Crippen molar-refractivity contribution < 1.29 is 18.5 Å². The van der Waals surface area contributed by atoms with Crippen molar-refractivity contribution in [3.63, 3.8) is 0 Å². The highest BCUT2D eigenvalue weighted by atomic mass is 35.5. The molecule has 15 heavy (non-hydrogen) atoms. The van der Waals surface area contributed by atoms with Crippen molar-refractivity contribution in [2.24, 2.45) is 0 Å². The first-order valence-electron chi connectivity index (χ1n) is 3.55. The summed E-state index contributed by atoms with van der Waals surface area (Å²) in [7, 11) is 0. The van der Waals surface area contributed by atoms with Gasteiger partial charge in [-0.2, -0.15) is 0 Å². The molecule has 0 aliphatic heterocycles. The Morgan fingerprint density at radius 1 is 1.60 bits per heavy atom. The maximum absolute atomic E-state index is 12.3. The molecule has 1 aromatic heterocycles. The molecular formula is C7H3ClF2N2O3. The molecule has 0 unspecified atom stereocenters. The quantitative estimate of drug-likeness (QED) is 0.459. The topological polar surface area (TPSA) is 73.1 Å². The molecule has 1 aromatic rings. The van der Waals surface area contributed by atoms with E-state index in [0.29, 0.717) is 0 Å². The minimum atomic E-state index is -3.12. The fraction of sp³-hybridized carbons (Fsp3) is 0.143. The standard InChI is InChI=1S/C7H3ClF2N2O3/c8-4-3(2-13)1-11-5(7(9)10)6(4)12(14)15/h1-2,7H. The molecule has 80 valence electrons. The van der Waals surface area contributed by atoms with Crippen LogP contribution in [0.15, 0.2) is 6.20 Å². The molecule has 0 saturated carbocycles. The van der Waals surface area contributed by atoms with Crippen LogP contribution in [-0.4, -0.2) is 16.2 Å². The van der Waals surface area contributed by atoms with E-state index in [1.54, 1.807) is 0 Å². The zero-order valence-electron chi connectivity index (χ0n) is 6.99. The first-order valence-corrected chi connectivity index (χ1v) is 3.93. The highest BCUT2D eigenvalue weighted by molar-refractivity contribution is 6.35. The van der Waals surface area contributed by atoms with E-state index < -0.39 is 27.8 Å². The molecule has 0 atom stereocenters. The summed E-state index contributed by atoms with van der Waals surface area (Å²) < 4.78 is 24.6. The van der Waals surface area contributed by atoms with Crippen LogP contribution in [0.4, 0.5) is 14.5 Å². The molecule has 0 aromatic carbocycles. The number of pyridine rings is 1. The summed E-state index contributed by atoms with van der Waals surface area (Å²) in [6.07, 6.45) is -2.15. The van der Waals surface area contributed by atoms with Crippen molar-refractivity contribution in [2.45, 2.75) is 6.43 Å². The van der Waals surface area contributed by atoms with Crippen LogP contribution in [0.2, 0.25) is 5.02 Å². The monoisotopic (exact) mass is 236 g/mol. The first kappa shape index (κ1) is 11.4. The molecule has 8 heteroatoms. The fourth-order valence-corrected chi connectivity index (χ4v) is 1.18. The lowest BCUT2D eigenvalue weighted by Crippen LogP contribution is -2.02. The van der Waals surface area contributed by atoms with E-state index in [1.165, 1.54) is 0 Å². The molecule has 0 saturated heterocycles. The Morgan fingerprint density at radius 2 is 2.20 bits per heavy atom. The van der Waals surface area contributed by atoms with Gasteiger partial charge in [0, 0.05) is 6.20 Å². The normalized spacial score (nSPS) is 10.4. The van der Waals surface area contributed by atoms with Gasteiger partial charge >= 0.3 is 5.69 Å². The van der Waals surface area contributed by atoms with Crippen molar-refractivity contribution in [1.82, 2.24) is 4.98 Å². The number of carbonyl (C=O) groups excluding carboxylic acids is 1. The van der Waals surface area contributed by atoms with Gasteiger partial charge in [0.2, 0.25) is 0 Å². The Kier molecular flexibility index (Phi) is 3.25. The van der Waals surface area contributed by atoms with E-state index in [4.69, 9.17) is 11.6 Å². The number of nitrogens with zero attached hydrogens (tertiary/aromatic N) is 2. The van der Waals surface area contributed by atoms with Gasteiger partial charge in [0.1, 0.15) is 5.02 Å². The van der Waals surface area contributed by atoms with Crippen LogP contribution in [0.5, 0.6) is 0 Å². The highest BCUT2D eigenvalue weighted by Gasteiger charge is 2.28. The second-order valence-corrected chi connectivity index (χ2v) is 2.81. The molecule has 0 amide bonds. The predicted octanol–water partition coefficient (Wildman–Crippen LogP) is 2.39. The number of hydrogen-bond acceptors (Lipinski definition) is 4. The second kappa shape index (κ2) is 4.26. The van der Waals surface area contributed by atoms with Gasteiger partial charge < -0.3 is 0 Å². The van der Waals surface area contributed by atoms with Crippen LogP contribution < -0.4 is 0 Å². The Morgan fingerprint density at radius 3 is 2.60 bits per heavy atom. The predicted molar refractivity (Wildman–Crippen MR) is 46.2 cm³/mol. The summed E-state index contributed by atoms with van der Waals surface area (Å²) in [6.45, 7) is 0. The van der Waals surface area contributed by atoms with E-state index in [2.05, 4.69) is 4.98 Å². The Balaban J connectivity index is 3.51. The lowest BCUT2D eigenvalue weighted by Gasteiger charge is -2.03. The van der Waals surface area contributed by atoms with Crippen LogP contribution >= 0.6 is 11.6 Å². The minimum absolute atomic E-state index is 0.206. The Hall–Kier alpha value is -1.63. The van der Waals surface area contributed by atoms with Gasteiger partial charge in [-0.3, -0.25) is 14.9 Å². The largest absolute Gasteiger partial charge is 0.315 e. The van der Waals surface area contributed by atoms with Gasteiger partial charge in [0.05, 0.1) is 10.5 Å². The van der Waals surface area contributed by atoms with Gasteiger partial charge in [0.15, 0.2) is 12.0 Å². The van der Waals surface area contributed by atoms with Crippen LogP contribution in [0.3, 0.4) is 0 Å². The lowest BCUT2D eigenvalue weighted by atomic mass is 10.2. The average molecular weight is 237 g/mol. The smallest absolute Gasteiger partial charge is 0.298 e. The van der Waals surface area contributed by atoms with Crippen LogP contribution in [0.25, 0.3) is 0 Å². The highest BCUT2D eigenvalue weighted by Crippen LogP contribution is 2.34. The van der Waals surface area contributed by atoms with Crippen molar-refractivity contribution in [2.75, 3.05) is 0 Å². The van der Waals surface area contributed by atoms with E-state index in [-0.39, 0.29) is 11.8 Å². The summed E-state index contributed by atoms with van der Waals surface area (Å²) in [5, 5.41) is 9.82. The van der Waals surface area contributed by atoms with Crippen molar-refractivity contribution >= 4 is 23.6 Å². The maximum Gasteiger partial charge on any atom is 0.315 e. The average Bonchev–Trinajstić information content (AvgIpc) is 2.16. The van der Waals surface area contributed by atoms with E-state index >= 15 is 0 Å². The Labute approximate surface area is 86.8 Å². The summed E-state index contributed by atoms with van der Waals surface area (Å²) >= 11 is 5.41. The Bertz CT molecular complexity index is 425. The molecule has 1 rings (SSSR count). The molecule has 0 bridgehead atoms. The molecule has 0 radical (unpaired) electrons. The van der Waals surface area contributed by atoms with E-state index in [9.17, 15) is 23.7 Å². The third-order valence-corrected chi connectivity index (χ3v) is 1.96. The van der Waals surface area contributed by atoms with Gasteiger partial charge in [-0.05, 0) is 0 Å². The number of carbonyl (C=O) groups is 1. The summed E-state index contributed by atoms with van der Waals surface area (Å²) in [5.41, 5.74) is -2.38. The number of halogens is 3. The first-order chi connectivity index (χ1) is 6.99. The molecule has 5 nitrogen and oxygen atoms in total.